The molecule has 1 aliphatic rings. The van der Waals surface area contributed by atoms with Crippen LogP contribution >= 0.6 is 11.8 Å². The molecular formula is C12H16N2OS. The van der Waals surface area contributed by atoms with Gasteiger partial charge in [0.05, 0.1) is 6.54 Å². The number of carbonyl (C=O) groups excluding carboxylic acids is 1. The Morgan fingerprint density at radius 2 is 2.19 bits per heavy atom. The predicted octanol–water partition coefficient (Wildman–Crippen LogP) is 2.10. The first-order chi connectivity index (χ1) is 7.79. The summed E-state index contributed by atoms with van der Waals surface area (Å²) < 4.78 is 0. The topological polar surface area (TPSA) is 41.1 Å². The zero-order valence-corrected chi connectivity index (χ0v) is 10.1. The highest BCUT2D eigenvalue weighted by atomic mass is 32.2. The maximum absolute atomic E-state index is 11.5. The molecule has 86 valence electrons. The van der Waals surface area contributed by atoms with Gasteiger partial charge in [-0.1, -0.05) is 12.1 Å². The van der Waals surface area contributed by atoms with Crippen LogP contribution in [0.15, 0.2) is 29.2 Å². The second-order valence-corrected chi connectivity index (χ2v) is 4.74. The van der Waals surface area contributed by atoms with E-state index in [1.165, 1.54) is 4.90 Å². The van der Waals surface area contributed by atoms with Crippen LogP contribution in [0, 0.1) is 0 Å². The molecule has 1 aliphatic carbocycles. The lowest BCUT2D eigenvalue weighted by atomic mass is 10.3. The van der Waals surface area contributed by atoms with Crippen LogP contribution in [0.2, 0.25) is 0 Å². The second-order valence-electron chi connectivity index (χ2n) is 3.90. The minimum atomic E-state index is 0.0819. The molecule has 3 nitrogen and oxygen atoms in total. The van der Waals surface area contributed by atoms with E-state index in [-0.39, 0.29) is 5.91 Å². The van der Waals surface area contributed by atoms with Crippen LogP contribution in [0.5, 0.6) is 0 Å². The van der Waals surface area contributed by atoms with Crippen LogP contribution in [0.3, 0.4) is 0 Å². The molecule has 0 atom stereocenters. The minimum Gasteiger partial charge on any atom is -0.375 e. The molecule has 0 saturated heterocycles. The van der Waals surface area contributed by atoms with E-state index < -0.39 is 0 Å². The molecule has 1 saturated carbocycles. The summed E-state index contributed by atoms with van der Waals surface area (Å²) in [5.74, 6) is 0.0819. The molecule has 0 spiro atoms. The number of hydrogen-bond donors (Lipinski definition) is 2. The van der Waals surface area contributed by atoms with E-state index in [0.29, 0.717) is 12.6 Å². The second kappa shape index (κ2) is 5.25. The first-order valence-electron chi connectivity index (χ1n) is 5.46. The lowest BCUT2D eigenvalue weighted by molar-refractivity contribution is -0.119. The van der Waals surface area contributed by atoms with Gasteiger partial charge < -0.3 is 10.6 Å². The normalized spacial score (nSPS) is 14.6. The highest BCUT2D eigenvalue weighted by molar-refractivity contribution is 7.98. The molecule has 2 rings (SSSR count). The Labute approximate surface area is 100.0 Å². The molecule has 4 heteroatoms. The Kier molecular flexibility index (Phi) is 3.72. The van der Waals surface area contributed by atoms with Crippen molar-refractivity contribution in [1.82, 2.24) is 5.32 Å². The van der Waals surface area contributed by atoms with Crippen molar-refractivity contribution in [2.75, 3.05) is 18.1 Å². The first-order valence-corrected chi connectivity index (χ1v) is 6.68. The number of nitrogens with one attached hydrogen (secondary N) is 2. The van der Waals surface area contributed by atoms with Gasteiger partial charge in [0.2, 0.25) is 5.91 Å². The Bertz CT molecular complexity index is 377. The number of amides is 1. The van der Waals surface area contributed by atoms with Crippen molar-refractivity contribution in [3.63, 3.8) is 0 Å². The van der Waals surface area contributed by atoms with Crippen LogP contribution in [-0.2, 0) is 4.79 Å². The van der Waals surface area contributed by atoms with Gasteiger partial charge in [-0.15, -0.1) is 11.8 Å². The molecule has 1 amide bonds. The van der Waals surface area contributed by atoms with Crippen molar-refractivity contribution in [3.8, 4) is 0 Å². The van der Waals surface area contributed by atoms with Gasteiger partial charge in [-0.3, -0.25) is 4.79 Å². The van der Waals surface area contributed by atoms with Crippen LogP contribution in [-0.4, -0.2) is 24.7 Å². The minimum absolute atomic E-state index is 0.0819. The van der Waals surface area contributed by atoms with Gasteiger partial charge in [0.25, 0.3) is 0 Å². The van der Waals surface area contributed by atoms with Gasteiger partial charge in [-0.05, 0) is 31.2 Å². The zero-order chi connectivity index (χ0) is 11.4. The summed E-state index contributed by atoms with van der Waals surface area (Å²) in [4.78, 5) is 12.7. The Balaban J connectivity index is 1.85. The Hall–Kier alpha value is -1.16. The van der Waals surface area contributed by atoms with Gasteiger partial charge >= 0.3 is 0 Å². The van der Waals surface area contributed by atoms with Crippen molar-refractivity contribution >= 4 is 23.4 Å². The summed E-state index contributed by atoms with van der Waals surface area (Å²) >= 11 is 1.68. The van der Waals surface area contributed by atoms with Gasteiger partial charge in [0, 0.05) is 16.6 Å². The van der Waals surface area contributed by atoms with E-state index in [1.807, 2.05) is 30.5 Å². The van der Waals surface area contributed by atoms with Crippen LogP contribution in [0.1, 0.15) is 12.8 Å². The average Bonchev–Trinajstić information content (AvgIpc) is 3.10. The average molecular weight is 236 g/mol. The zero-order valence-electron chi connectivity index (χ0n) is 9.32. The van der Waals surface area contributed by atoms with E-state index in [4.69, 9.17) is 0 Å². The van der Waals surface area contributed by atoms with Crippen LogP contribution in [0.25, 0.3) is 0 Å². The number of benzene rings is 1. The lowest BCUT2D eigenvalue weighted by Gasteiger charge is -2.10. The molecule has 16 heavy (non-hydrogen) atoms. The first kappa shape index (κ1) is 11.3. The third-order valence-corrected chi connectivity index (χ3v) is 3.28. The number of thioether (sulfide) groups is 1. The molecule has 1 aromatic rings. The van der Waals surface area contributed by atoms with Crippen molar-refractivity contribution in [2.24, 2.45) is 0 Å². The lowest BCUT2D eigenvalue weighted by Crippen LogP contribution is -2.31. The van der Waals surface area contributed by atoms with Crippen molar-refractivity contribution in [2.45, 2.75) is 23.8 Å². The largest absolute Gasteiger partial charge is 0.375 e. The van der Waals surface area contributed by atoms with Crippen molar-refractivity contribution in [3.05, 3.63) is 24.3 Å². The summed E-state index contributed by atoms with van der Waals surface area (Å²) in [6.45, 7) is 0.355. The van der Waals surface area contributed by atoms with Gasteiger partial charge in [-0.2, -0.15) is 0 Å². The van der Waals surface area contributed by atoms with Crippen LogP contribution < -0.4 is 10.6 Å². The van der Waals surface area contributed by atoms with E-state index in [0.717, 1.165) is 18.5 Å². The molecule has 0 radical (unpaired) electrons. The molecule has 0 unspecified atom stereocenters. The molecule has 0 heterocycles. The van der Waals surface area contributed by atoms with Gasteiger partial charge in [0.15, 0.2) is 0 Å². The van der Waals surface area contributed by atoms with Crippen molar-refractivity contribution < 1.29 is 4.79 Å². The Morgan fingerprint density at radius 1 is 1.44 bits per heavy atom. The highest BCUT2D eigenvalue weighted by Crippen LogP contribution is 2.24. The summed E-state index contributed by atoms with van der Waals surface area (Å²) in [5, 5.41) is 6.12. The quantitative estimate of drug-likeness (QED) is 0.769. The Morgan fingerprint density at radius 3 is 2.88 bits per heavy atom. The molecule has 0 aromatic heterocycles. The summed E-state index contributed by atoms with van der Waals surface area (Å²) in [6, 6.07) is 8.45. The van der Waals surface area contributed by atoms with Gasteiger partial charge in [0.1, 0.15) is 0 Å². The van der Waals surface area contributed by atoms with E-state index in [1.54, 1.807) is 11.8 Å². The third-order valence-electron chi connectivity index (χ3n) is 2.49. The fourth-order valence-corrected chi connectivity index (χ4v) is 2.05. The smallest absolute Gasteiger partial charge is 0.239 e. The molecule has 1 fully saturated rings. The fraction of sp³-hybridized carbons (Fsp3) is 0.417. The molecular weight excluding hydrogens is 220 g/mol. The van der Waals surface area contributed by atoms with E-state index in [2.05, 4.69) is 10.6 Å². The van der Waals surface area contributed by atoms with Gasteiger partial charge in [-0.25, -0.2) is 0 Å². The maximum Gasteiger partial charge on any atom is 0.239 e. The summed E-state index contributed by atoms with van der Waals surface area (Å²) in [7, 11) is 0. The molecule has 0 bridgehead atoms. The number of rotatable bonds is 5. The standard InChI is InChI=1S/C12H16N2OS/c1-16-11-5-3-2-4-10(11)13-8-12(15)14-9-6-7-9/h2-5,9,13H,6-8H2,1H3,(H,14,15). The van der Waals surface area contributed by atoms with Crippen LogP contribution in [0.4, 0.5) is 5.69 Å². The van der Waals surface area contributed by atoms with Crippen molar-refractivity contribution in [1.29, 1.82) is 0 Å². The number of hydrogen-bond acceptors (Lipinski definition) is 3. The SMILES string of the molecule is CSc1ccccc1NCC(=O)NC1CC1. The molecule has 1 aromatic carbocycles. The monoisotopic (exact) mass is 236 g/mol. The van der Waals surface area contributed by atoms with E-state index >= 15 is 0 Å². The molecule has 0 aliphatic heterocycles. The summed E-state index contributed by atoms with van der Waals surface area (Å²) in [5.41, 5.74) is 1.03. The molecule has 2 N–H and O–H groups in total. The number of carbonyl (C=O) groups is 1. The van der Waals surface area contributed by atoms with E-state index in [9.17, 15) is 4.79 Å². The predicted molar refractivity (Wildman–Crippen MR) is 67.9 cm³/mol. The fourth-order valence-electron chi connectivity index (χ4n) is 1.47. The third kappa shape index (κ3) is 3.17. The summed E-state index contributed by atoms with van der Waals surface area (Å²) in [6.07, 6.45) is 4.30. The highest BCUT2D eigenvalue weighted by Gasteiger charge is 2.22. The number of para-hydroxylation sites is 1. The number of anilines is 1. The maximum atomic E-state index is 11.5.